The molecule has 1 unspecified atom stereocenters. The number of hydrogen-bond acceptors (Lipinski definition) is 3. The van der Waals surface area contributed by atoms with Gasteiger partial charge in [0.1, 0.15) is 11.4 Å². The summed E-state index contributed by atoms with van der Waals surface area (Å²) in [4.78, 5) is 0. The second-order valence-corrected chi connectivity index (χ2v) is 7.71. The lowest BCUT2D eigenvalue weighted by molar-refractivity contribution is 0.125. The van der Waals surface area contributed by atoms with Gasteiger partial charge in [-0.3, -0.25) is 0 Å². The van der Waals surface area contributed by atoms with Gasteiger partial charge in [0.15, 0.2) is 0 Å². The SMILES string of the molecule is COc1ccc(C(O)(c2ccc(C)c(Cl)c2)c2ccc(CO)c(Cl)c2)cc1Cl. The summed E-state index contributed by atoms with van der Waals surface area (Å²) in [6, 6.07) is 15.5. The Balaban J connectivity index is 2.28. The highest BCUT2D eigenvalue weighted by molar-refractivity contribution is 6.32. The first-order chi connectivity index (χ1) is 13.3. The van der Waals surface area contributed by atoms with Gasteiger partial charge in [-0.1, -0.05) is 65.1 Å². The van der Waals surface area contributed by atoms with Crippen LogP contribution in [0.4, 0.5) is 0 Å². The fourth-order valence-corrected chi connectivity index (χ4v) is 3.79. The Morgan fingerprint density at radius 1 is 0.821 bits per heavy atom. The van der Waals surface area contributed by atoms with Gasteiger partial charge in [-0.05, 0) is 59.0 Å². The van der Waals surface area contributed by atoms with E-state index < -0.39 is 5.60 Å². The summed E-state index contributed by atoms with van der Waals surface area (Å²) in [5, 5.41) is 22.6. The van der Waals surface area contributed by atoms with Gasteiger partial charge in [-0.15, -0.1) is 0 Å². The lowest BCUT2D eigenvalue weighted by Gasteiger charge is -2.31. The van der Waals surface area contributed by atoms with Crippen LogP contribution >= 0.6 is 34.8 Å². The molecule has 0 amide bonds. The summed E-state index contributed by atoms with van der Waals surface area (Å²) >= 11 is 19.0. The van der Waals surface area contributed by atoms with Crippen molar-refractivity contribution in [3.05, 3.63) is 97.5 Å². The third-order valence-electron chi connectivity index (χ3n) is 4.80. The highest BCUT2D eigenvalue weighted by Gasteiger charge is 2.35. The molecule has 1 atom stereocenters. The highest BCUT2D eigenvalue weighted by Crippen LogP contribution is 2.41. The molecule has 0 heterocycles. The molecule has 2 N–H and O–H groups in total. The Morgan fingerprint density at radius 2 is 1.36 bits per heavy atom. The predicted molar refractivity (Wildman–Crippen MR) is 114 cm³/mol. The van der Waals surface area contributed by atoms with E-state index in [-0.39, 0.29) is 6.61 Å². The molecule has 0 saturated carbocycles. The van der Waals surface area contributed by atoms with Crippen LogP contribution in [0.25, 0.3) is 0 Å². The number of rotatable bonds is 5. The van der Waals surface area contributed by atoms with Crippen molar-refractivity contribution in [2.45, 2.75) is 19.1 Å². The smallest absolute Gasteiger partial charge is 0.140 e. The lowest BCUT2D eigenvalue weighted by Crippen LogP contribution is -2.29. The van der Waals surface area contributed by atoms with Crippen LogP contribution in [0.3, 0.4) is 0 Å². The van der Waals surface area contributed by atoms with Crippen molar-refractivity contribution >= 4 is 34.8 Å². The maximum absolute atomic E-state index is 11.9. The summed E-state index contributed by atoms with van der Waals surface area (Å²) in [5.74, 6) is 0.503. The Bertz CT molecular complexity index is 964. The fraction of sp³-hybridized carbons (Fsp3) is 0.182. The molecule has 3 aromatic carbocycles. The molecular formula is C22H19Cl3O3. The van der Waals surface area contributed by atoms with Gasteiger partial charge in [-0.25, -0.2) is 0 Å². The van der Waals surface area contributed by atoms with Crippen molar-refractivity contribution < 1.29 is 14.9 Å². The van der Waals surface area contributed by atoms with Crippen molar-refractivity contribution in [2.75, 3.05) is 7.11 Å². The van der Waals surface area contributed by atoms with Crippen molar-refractivity contribution in [1.82, 2.24) is 0 Å². The zero-order chi connectivity index (χ0) is 20.5. The first kappa shape index (κ1) is 21.0. The molecule has 3 rings (SSSR count). The van der Waals surface area contributed by atoms with Crippen LogP contribution in [0.15, 0.2) is 54.6 Å². The number of aliphatic hydroxyl groups excluding tert-OH is 1. The van der Waals surface area contributed by atoms with Crippen LogP contribution in [-0.2, 0) is 12.2 Å². The van der Waals surface area contributed by atoms with Crippen molar-refractivity contribution in [3.8, 4) is 5.75 Å². The largest absolute Gasteiger partial charge is 0.495 e. The molecule has 6 heteroatoms. The normalized spacial score (nSPS) is 13.2. The van der Waals surface area contributed by atoms with Crippen LogP contribution in [0.2, 0.25) is 15.1 Å². The second kappa shape index (κ2) is 8.32. The van der Waals surface area contributed by atoms with Gasteiger partial charge in [0.25, 0.3) is 0 Å². The Labute approximate surface area is 179 Å². The van der Waals surface area contributed by atoms with E-state index >= 15 is 0 Å². The quantitative estimate of drug-likeness (QED) is 0.500. The average molecular weight is 438 g/mol. The molecule has 146 valence electrons. The van der Waals surface area contributed by atoms with E-state index in [1.807, 2.05) is 19.1 Å². The Hall–Kier alpha value is -1.75. The minimum absolute atomic E-state index is 0.192. The number of benzene rings is 3. The number of hydrogen-bond donors (Lipinski definition) is 2. The van der Waals surface area contributed by atoms with Crippen LogP contribution in [-0.4, -0.2) is 17.3 Å². The summed E-state index contributed by atoms with van der Waals surface area (Å²) in [7, 11) is 1.53. The van der Waals surface area contributed by atoms with Crippen molar-refractivity contribution in [1.29, 1.82) is 0 Å². The van der Waals surface area contributed by atoms with E-state index in [0.717, 1.165) is 5.56 Å². The first-order valence-electron chi connectivity index (χ1n) is 8.54. The summed E-state index contributed by atoms with van der Waals surface area (Å²) < 4.78 is 5.22. The number of halogens is 3. The minimum atomic E-state index is -1.56. The molecule has 3 nitrogen and oxygen atoms in total. The first-order valence-corrected chi connectivity index (χ1v) is 9.67. The van der Waals surface area contributed by atoms with E-state index in [0.29, 0.717) is 43.1 Å². The standard InChI is InChI=1S/C22H19Cl3O3/c1-13-3-5-15(9-18(13)23)22(27,16-6-4-14(12-26)19(24)10-16)17-7-8-21(28-2)20(25)11-17/h3-11,26-27H,12H2,1-2H3. The lowest BCUT2D eigenvalue weighted by atomic mass is 9.80. The minimum Gasteiger partial charge on any atom is -0.495 e. The zero-order valence-corrected chi connectivity index (χ0v) is 17.6. The summed E-state index contributed by atoms with van der Waals surface area (Å²) in [5.41, 5.74) is 1.53. The van der Waals surface area contributed by atoms with E-state index in [1.165, 1.54) is 7.11 Å². The third kappa shape index (κ3) is 3.73. The van der Waals surface area contributed by atoms with Gasteiger partial charge >= 0.3 is 0 Å². The molecule has 3 aromatic rings. The van der Waals surface area contributed by atoms with Gasteiger partial charge in [0.2, 0.25) is 0 Å². The van der Waals surface area contributed by atoms with Gasteiger partial charge in [0.05, 0.1) is 18.7 Å². The van der Waals surface area contributed by atoms with Crippen LogP contribution in [0.5, 0.6) is 5.75 Å². The van der Waals surface area contributed by atoms with Crippen LogP contribution in [0, 0.1) is 6.92 Å². The van der Waals surface area contributed by atoms with Gasteiger partial charge < -0.3 is 14.9 Å². The molecule has 0 radical (unpaired) electrons. The molecule has 0 bridgehead atoms. The van der Waals surface area contributed by atoms with E-state index in [4.69, 9.17) is 39.5 Å². The molecular weight excluding hydrogens is 419 g/mol. The molecule has 0 aliphatic rings. The number of methoxy groups -OCH3 is 1. The van der Waals surface area contributed by atoms with Crippen molar-refractivity contribution in [2.24, 2.45) is 0 Å². The van der Waals surface area contributed by atoms with Gasteiger partial charge in [-0.2, -0.15) is 0 Å². The molecule has 0 aromatic heterocycles. The monoisotopic (exact) mass is 436 g/mol. The molecule has 0 fully saturated rings. The maximum atomic E-state index is 11.9. The maximum Gasteiger partial charge on any atom is 0.140 e. The molecule has 0 aliphatic heterocycles. The number of ether oxygens (including phenoxy) is 1. The van der Waals surface area contributed by atoms with Crippen LogP contribution in [0.1, 0.15) is 27.8 Å². The highest BCUT2D eigenvalue weighted by atomic mass is 35.5. The van der Waals surface area contributed by atoms with Crippen molar-refractivity contribution in [3.63, 3.8) is 0 Å². The Kier molecular flexibility index (Phi) is 6.23. The molecule has 0 saturated heterocycles. The molecule has 28 heavy (non-hydrogen) atoms. The zero-order valence-electron chi connectivity index (χ0n) is 15.3. The summed E-state index contributed by atoms with van der Waals surface area (Å²) in [6.45, 7) is 1.70. The number of aliphatic hydroxyl groups is 2. The molecule has 0 spiro atoms. The predicted octanol–water partition coefficient (Wildman–Crippen LogP) is 5.74. The van der Waals surface area contributed by atoms with Crippen LogP contribution < -0.4 is 4.74 Å². The third-order valence-corrected chi connectivity index (χ3v) is 5.85. The van der Waals surface area contributed by atoms with Gasteiger partial charge in [0, 0.05) is 10.0 Å². The second-order valence-electron chi connectivity index (χ2n) is 6.49. The number of aryl methyl sites for hydroxylation is 1. The fourth-order valence-electron chi connectivity index (χ4n) is 3.11. The Morgan fingerprint density at radius 3 is 1.86 bits per heavy atom. The summed E-state index contributed by atoms with van der Waals surface area (Å²) in [6.07, 6.45) is 0. The van der Waals surface area contributed by atoms with E-state index in [1.54, 1.807) is 42.5 Å². The average Bonchev–Trinajstić information content (AvgIpc) is 2.69. The van der Waals surface area contributed by atoms with E-state index in [9.17, 15) is 10.2 Å². The topological polar surface area (TPSA) is 49.7 Å². The van der Waals surface area contributed by atoms with E-state index in [2.05, 4.69) is 0 Å². The molecule has 0 aliphatic carbocycles.